The number of aromatic nitrogens is 1. The van der Waals surface area contributed by atoms with Gasteiger partial charge in [0, 0.05) is 0 Å². The molecule has 1 aliphatic rings. The fourth-order valence-corrected chi connectivity index (χ4v) is 1.72. The van der Waals surface area contributed by atoms with Gasteiger partial charge in [-0.2, -0.15) is 4.98 Å². The topological polar surface area (TPSA) is 84.3 Å². The lowest BCUT2D eigenvalue weighted by Crippen LogP contribution is -2.25. The summed E-state index contributed by atoms with van der Waals surface area (Å²) in [7, 11) is 0. The zero-order valence-electron chi connectivity index (χ0n) is 8.73. The number of rotatable bonds is 3. The van der Waals surface area contributed by atoms with Crippen LogP contribution in [-0.2, 0) is 0 Å². The quantitative estimate of drug-likeness (QED) is 0.678. The maximum absolute atomic E-state index is 9.19. The molecule has 1 aromatic heterocycles. The van der Waals surface area contributed by atoms with Crippen molar-refractivity contribution in [1.82, 2.24) is 4.98 Å². The Morgan fingerprint density at radius 2 is 2.31 bits per heavy atom. The summed E-state index contributed by atoms with van der Waals surface area (Å²) in [5.41, 5.74) is 7.48. The number of oxazole rings is 1. The van der Waals surface area contributed by atoms with Crippen molar-refractivity contribution in [2.75, 3.05) is 17.7 Å². The van der Waals surface area contributed by atoms with Crippen LogP contribution in [0.3, 0.4) is 0 Å². The maximum atomic E-state index is 9.19. The predicted molar refractivity (Wildman–Crippen MR) is 61.1 cm³/mol. The van der Waals surface area contributed by atoms with Crippen LogP contribution in [0.15, 0.2) is 22.6 Å². The number of nitrogens with one attached hydrogen (secondary N) is 1. The van der Waals surface area contributed by atoms with Crippen LogP contribution in [0, 0.1) is 0 Å². The summed E-state index contributed by atoms with van der Waals surface area (Å²) in [6.07, 6.45) is 1.88. The van der Waals surface area contributed by atoms with E-state index in [1.54, 1.807) is 6.07 Å². The average molecular weight is 219 g/mol. The first-order chi connectivity index (χ1) is 7.72. The van der Waals surface area contributed by atoms with E-state index in [-0.39, 0.29) is 12.1 Å². The van der Waals surface area contributed by atoms with Gasteiger partial charge in [-0.05, 0) is 25.0 Å². The van der Waals surface area contributed by atoms with Crippen molar-refractivity contribution in [2.45, 2.75) is 18.4 Å². The maximum Gasteiger partial charge on any atom is 0.296 e. The van der Waals surface area contributed by atoms with Gasteiger partial charge in [0.2, 0.25) is 0 Å². The van der Waals surface area contributed by atoms with Gasteiger partial charge in [0.15, 0.2) is 5.58 Å². The molecule has 0 radical (unpaired) electrons. The van der Waals surface area contributed by atoms with Crippen LogP contribution in [-0.4, -0.2) is 22.2 Å². The normalized spacial score (nSPS) is 17.6. The third-order valence-electron chi connectivity index (χ3n) is 2.98. The number of para-hydroxylation sites is 1. The fraction of sp³-hybridized carbons (Fsp3) is 0.364. The number of nitrogens with zero attached hydrogens (tertiary/aromatic N) is 1. The van der Waals surface area contributed by atoms with Gasteiger partial charge in [-0.1, -0.05) is 6.07 Å². The minimum Gasteiger partial charge on any atom is -0.423 e. The summed E-state index contributed by atoms with van der Waals surface area (Å²) in [6, 6.07) is 5.86. The number of nitrogen functional groups attached to an aromatic ring is 1. The van der Waals surface area contributed by atoms with E-state index < -0.39 is 0 Å². The van der Waals surface area contributed by atoms with Crippen LogP contribution in [0.5, 0.6) is 0 Å². The number of hydrogen-bond donors (Lipinski definition) is 3. The van der Waals surface area contributed by atoms with Gasteiger partial charge in [-0.15, -0.1) is 0 Å². The Hall–Kier alpha value is -1.75. The van der Waals surface area contributed by atoms with E-state index in [9.17, 15) is 5.11 Å². The van der Waals surface area contributed by atoms with Gasteiger partial charge >= 0.3 is 0 Å². The molecule has 5 heteroatoms. The monoisotopic (exact) mass is 219 g/mol. The zero-order valence-corrected chi connectivity index (χ0v) is 8.73. The Bertz CT molecular complexity index is 531. The molecule has 0 spiro atoms. The largest absolute Gasteiger partial charge is 0.423 e. The van der Waals surface area contributed by atoms with E-state index >= 15 is 0 Å². The van der Waals surface area contributed by atoms with Crippen molar-refractivity contribution >= 4 is 22.8 Å². The lowest BCUT2D eigenvalue weighted by atomic mass is 10.3. The Morgan fingerprint density at radius 1 is 1.50 bits per heavy atom. The number of aliphatic hydroxyl groups is 1. The Balaban J connectivity index is 1.96. The first kappa shape index (κ1) is 9.47. The SMILES string of the molecule is Nc1cccc2oc(NC3(CO)CC3)nc12. The zero-order chi connectivity index (χ0) is 11.2. The molecule has 0 aliphatic heterocycles. The molecule has 1 fully saturated rings. The summed E-state index contributed by atoms with van der Waals surface area (Å²) in [5.74, 6) is 0. The van der Waals surface area contributed by atoms with E-state index in [0.29, 0.717) is 22.8 Å². The molecule has 4 N–H and O–H groups in total. The van der Waals surface area contributed by atoms with Crippen molar-refractivity contribution in [3.8, 4) is 0 Å². The molecule has 1 aromatic carbocycles. The van der Waals surface area contributed by atoms with Gasteiger partial charge in [-0.25, -0.2) is 0 Å². The summed E-state index contributed by atoms with van der Waals surface area (Å²) in [4.78, 5) is 4.27. The molecule has 1 saturated carbocycles. The molecule has 2 aromatic rings. The highest BCUT2D eigenvalue weighted by Crippen LogP contribution is 2.38. The number of nitrogens with two attached hydrogens (primary N) is 1. The molecular formula is C11H13N3O2. The van der Waals surface area contributed by atoms with Crippen LogP contribution >= 0.6 is 0 Å². The van der Waals surface area contributed by atoms with Crippen LogP contribution in [0.4, 0.5) is 11.7 Å². The van der Waals surface area contributed by atoms with Crippen molar-refractivity contribution in [3.63, 3.8) is 0 Å². The van der Waals surface area contributed by atoms with Crippen molar-refractivity contribution in [2.24, 2.45) is 0 Å². The first-order valence-electron chi connectivity index (χ1n) is 5.27. The van der Waals surface area contributed by atoms with Gasteiger partial charge in [0.1, 0.15) is 5.52 Å². The van der Waals surface area contributed by atoms with Crippen molar-refractivity contribution in [1.29, 1.82) is 0 Å². The first-order valence-corrected chi connectivity index (χ1v) is 5.27. The van der Waals surface area contributed by atoms with E-state index in [2.05, 4.69) is 10.3 Å². The Kier molecular flexibility index (Phi) is 1.85. The summed E-state index contributed by atoms with van der Waals surface area (Å²) >= 11 is 0. The summed E-state index contributed by atoms with van der Waals surface area (Å²) in [5, 5.41) is 12.3. The lowest BCUT2D eigenvalue weighted by Gasteiger charge is -2.10. The highest BCUT2D eigenvalue weighted by atomic mass is 16.4. The van der Waals surface area contributed by atoms with Gasteiger partial charge in [0.05, 0.1) is 17.8 Å². The molecule has 1 aliphatic carbocycles. The van der Waals surface area contributed by atoms with Crippen LogP contribution in [0.2, 0.25) is 0 Å². The number of hydrogen-bond acceptors (Lipinski definition) is 5. The minimum absolute atomic E-state index is 0.0984. The number of benzene rings is 1. The second-order valence-corrected chi connectivity index (χ2v) is 4.28. The Labute approximate surface area is 92.3 Å². The Morgan fingerprint density at radius 3 is 2.94 bits per heavy atom. The summed E-state index contributed by atoms with van der Waals surface area (Å²) < 4.78 is 5.51. The third-order valence-corrected chi connectivity index (χ3v) is 2.98. The highest BCUT2D eigenvalue weighted by molar-refractivity contribution is 5.86. The molecule has 0 amide bonds. The van der Waals surface area contributed by atoms with Gasteiger partial charge in [0.25, 0.3) is 6.01 Å². The smallest absolute Gasteiger partial charge is 0.296 e. The summed E-state index contributed by atoms with van der Waals surface area (Å²) in [6.45, 7) is 0.0984. The molecule has 0 saturated heterocycles. The third kappa shape index (κ3) is 1.40. The fourth-order valence-electron chi connectivity index (χ4n) is 1.72. The number of anilines is 2. The molecule has 16 heavy (non-hydrogen) atoms. The molecule has 0 unspecified atom stereocenters. The predicted octanol–water partition coefficient (Wildman–Crippen LogP) is 1.35. The van der Waals surface area contributed by atoms with Gasteiger partial charge < -0.3 is 20.6 Å². The van der Waals surface area contributed by atoms with E-state index in [1.165, 1.54) is 0 Å². The molecule has 0 bridgehead atoms. The van der Waals surface area contributed by atoms with E-state index in [0.717, 1.165) is 12.8 Å². The van der Waals surface area contributed by atoms with Crippen LogP contribution in [0.1, 0.15) is 12.8 Å². The lowest BCUT2D eigenvalue weighted by molar-refractivity contribution is 0.264. The van der Waals surface area contributed by atoms with E-state index in [4.69, 9.17) is 10.2 Å². The van der Waals surface area contributed by atoms with Crippen molar-refractivity contribution in [3.05, 3.63) is 18.2 Å². The number of fused-ring (bicyclic) bond motifs is 1. The van der Waals surface area contributed by atoms with Crippen LogP contribution in [0.25, 0.3) is 11.1 Å². The number of aliphatic hydroxyl groups excluding tert-OH is 1. The molecule has 84 valence electrons. The molecular weight excluding hydrogens is 206 g/mol. The van der Waals surface area contributed by atoms with Crippen molar-refractivity contribution < 1.29 is 9.52 Å². The second-order valence-electron chi connectivity index (χ2n) is 4.28. The molecule has 1 heterocycles. The van der Waals surface area contributed by atoms with Crippen LogP contribution < -0.4 is 11.1 Å². The average Bonchev–Trinajstić information content (AvgIpc) is 2.91. The second kappa shape index (κ2) is 3.12. The molecule has 5 nitrogen and oxygen atoms in total. The van der Waals surface area contributed by atoms with E-state index in [1.807, 2.05) is 12.1 Å². The molecule has 3 rings (SSSR count). The highest BCUT2D eigenvalue weighted by Gasteiger charge is 2.43. The minimum atomic E-state index is -0.227. The standard InChI is InChI=1S/C11H13N3O2/c12-7-2-1-3-8-9(7)13-10(16-8)14-11(6-15)4-5-11/h1-3,15H,4-6,12H2,(H,13,14). The molecule has 0 atom stereocenters. The van der Waals surface area contributed by atoms with Gasteiger partial charge in [-0.3, -0.25) is 0 Å².